The van der Waals surface area contributed by atoms with Crippen LogP contribution in [0.4, 0.5) is 5.69 Å². The van der Waals surface area contributed by atoms with Crippen molar-refractivity contribution in [3.8, 4) is 5.75 Å². The van der Waals surface area contributed by atoms with Crippen molar-refractivity contribution in [2.24, 2.45) is 7.05 Å². The minimum atomic E-state index is -0.326. The molecule has 0 radical (unpaired) electrons. The Morgan fingerprint density at radius 2 is 1.94 bits per heavy atom. The number of benzene rings is 2. The van der Waals surface area contributed by atoms with Crippen LogP contribution in [-0.4, -0.2) is 58.3 Å². The summed E-state index contributed by atoms with van der Waals surface area (Å²) in [4.78, 5) is 40.7. The third kappa shape index (κ3) is 3.56. The quantitative estimate of drug-likeness (QED) is 0.600. The number of nitrogens with one attached hydrogen (secondary N) is 1. The molecule has 2 aromatic carbocycles. The molecule has 3 aliphatic heterocycles. The molecule has 1 fully saturated rings. The molecule has 0 aliphatic carbocycles. The van der Waals surface area contributed by atoms with E-state index in [9.17, 15) is 14.4 Å². The van der Waals surface area contributed by atoms with Gasteiger partial charge in [-0.15, -0.1) is 0 Å². The van der Waals surface area contributed by atoms with Crippen molar-refractivity contribution in [1.82, 2.24) is 14.4 Å². The van der Waals surface area contributed by atoms with Crippen molar-refractivity contribution < 1.29 is 19.1 Å². The summed E-state index contributed by atoms with van der Waals surface area (Å²) >= 11 is 0. The van der Waals surface area contributed by atoms with E-state index in [0.29, 0.717) is 30.9 Å². The van der Waals surface area contributed by atoms with E-state index in [1.165, 1.54) is 11.8 Å². The average Bonchev–Trinajstić information content (AvgIpc) is 3.49. The van der Waals surface area contributed by atoms with Crippen LogP contribution in [0, 0.1) is 0 Å². The van der Waals surface area contributed by atoms with Crippen molar-refractivity contribution in [2.75, 3.05) is 31.6 Å². The summed E-state index contributed by atoms with van der Waals surface area (Å²) in [6.07, 6.45) is 3.62. The van der Waals surface area contributed by atoms with E-state index >= 15 is 0 Å². The summed E-state index contributed by atoms with van der Waals surface area (Å²) in [5.41, 5.74) is 5.37. The Labute approximate surface area is 209 Å². The molecule has 1 N–H and O–H groups in total. The van der Waals surface area contributed by atoms with E-state index in [1.54, 1.807) is 0 Å². The summed E-state index contributed by atoms with van der Waals surface area (Å²) in [6, 6.07) is 13.9. The van der Waals surface area contributed by atoms with Gasteiger partial charge in [0.05, 0.1) is 24.2 Å². The normalized spacial score (nSPS) is 19.1. The first kappa shape index (κ1) is 22.4. The highest BCUT2D eigenvalue weighted by Crippen LogP contribution is 2.46. The Hall–Kier alpha value is -4.07. The van der Waals surface area contributed by atoms with Crippen LogP contribution in [-0.2, 0) is 21.4 Å². The highest BCUT2D eigenvalue weighted by Gasteiger charge is 2.41. The van der Waals surface area contributed by atoms with Crippen molar-refractivity contribution in [1.29, 1.82) is 0 Å². The molecule has 3 aliphatic rings. The lowest BCUT2D eigenvalue weighted by molar-refractivity contribution is -0.139. The minimum Gasteiger partial charge on any atom is -0.492 e. The number of nitrogens with zero attached hydrogens (tertiary/aromatic N) is 3. The molecule has 6 rings (SSSR count). The van der Waals surface area contributed by atoms with Gasteiger partial charge < -0.3 is 19.5 Å². The first-order valence-electron chi connectivity index (χ1n) is 12.3. The van der Waals surface area contributed by atoms with Crippen molar-refractivity contribution in [3.63, 3.8) is 0 Å². The second-order valence-corrected chi connectivity index (χ2v) is 9.66. The average molecular weight is 485 g/mol. The fourth-order valence-electron chi connectivity index (χ4n) is 5.69. The molecular formula is C28H28N4O4. The van der Waals surface area contributed by atoms with Gasteiger partial charge >= 0.3 is 0 Å². The highest BCUT2D eigenvalue weighted by molar-refractivity contribution is 6.11. The first-order chi connectivity index (χ1) is 17.4. The highest BCUT2D eigenvalue weighted by atomic mass is 16.5. The molecule has 1 saturated heterocycles. The van der Waals surface area contributed by atoms with E-state index in [1.807, 2.05) is 48.3 Å². The van der Waals surface area contributed by atoms with E-state index < -0.39 is 0 Å². The van der Waals surface area contributed by atoms with E-state index in [4.69, 9.17) is 4.74 Å². The fraction of sp³-hybridized carbons (Fsp3) is 0.321. The number of imide groups is 1. The predicted molar refractivity (Wildman–Crippen MR) is 136 cm³/mol. The Balaban J connectivity index is 1.35. The third-order valence-corrected chi connectivity index (χ3v) is 7.44. The van der Waals surface area contributed by atoms with Gasteiger partial charge in [-0.3, -0.25) is 19.3 Å². The summed E-state index contributed by atoms with van der Waals surface area (Å²) in [6.45, 7) is 3.48. The number of amides is 3. The number of carbonyl (C=O) groups excluding carboxylic acids is 3. The van der Waals surface area contributed by atoms with Gasteiger partial charge in [0.15, 0.2) is 0 Å². The molecular weight excluding hydrogens is 456 g/mol. The fourth-order valence-corrected chi connectivity index (χ4v) is 5.69. The lowest BCUT2D eigenvalue weighted by Crippen LogP contribution is -2.33. The van der Waals surface area contributed by atoms with Crippen molar-refractivity contribution >= 4 is 34.3 Å². The first-order valence-corrected chi connectivity index (χ1v) is 12.3. The molecule has 3 aromatic rings. The van der Waals surface area contributed by atoms with Crippen LogP contribution in [0.2, 0.25) is 0 Å². The molecule has 3 amide bonds. The van der Waals surface area contributed by atoms with Gasteiger partial charge in [0.25, 0.3) is 5.91 Å². The zero-order valence-corrected chi connectivity index (χ0v) is 20.4. The Bertz CT molecular complexity index is 1440. The molecule has 0 saturated carbocycles. The lowest BCUT2D eigenvalue weighted by atomic mass is 9.84. The number of hydrogen-bond acceptors (Lipinski definition) is 5. The van der Waals surface area contributed by atoms with Crippen LogP contribution in [0.25, 0.3) is 10.9 Å². The van der Waals surface area contributed by atoms with Gasteiger partial charge in [0, 0.05) is 55.8 Å². The molecule has 0 bridgehead atoms. The molecule has 1 atom stereocenters. The molecule has 8 heteroatoms. The van der Waals surface area contributed by atoms with Crippen LogP contribution in [0.5, 0.6) is 5.75 Å². The van der Waals surface area contributed by atoms with Crippen LogP contribution in [0.15, 0.2) is 59.9 Å². The Morgan fingerprint density at radius 1 is 1.14 bits per heavy atom. The van der Waals surface area contributed by atoms with E-state index in [2.05, 4.69) is 22.1 Å². The minimum absolute atomic E-state index is 0.190. The molecule has 184 valence electrons. The van der Waals surface area contributed by atoms with Crippen LogP contribution in [0.3, 0.4) is 0 Å². The maximum absolute atomic E-state index is 13.5. The molecule has 8 nitrogen and oxygen atoms in total. The zero-order valence-electron chi connectivity index (χ0n) is 20.4. The largest absolute Gasteiger partial charge is 0.492 e. The number of likely N-dealkylation sites (tertiary alicyclic amines) is 1. The SMILES string of the molecule is CC(=O)N1CC2=C(C1=O)[C@@H](c1ccc(OCCN3CCCC3=O)cc1)c1cn(C)c3cccc(c13)N2. The molecule has 36 heavy (non-hydrogen) atoms. The summed E-state index contributed by atoms with van der Waals surface area (Å²) in [5, 5.41) is 4.56. The standard InChI is InChI=1S/C28H28N4O4/c1-17(33)32-16-22-27(28(32)35)25(20-15-30(2)23-6-3-5-21(29-22)26(20)23)18-8-10-19(11-9-18)36-14-13-31-12-4-7-24(31)34/h3,5-6,8-11,15,25,29H,4,7,12-14,16H2,1-2H3/t25-/m0/s1. The van der Waals surface area contributed by atoms with Gasteiger partial charge in [0.1, 0.15) is 12.4 Å². The number of aryl methyl sites for hydroxylation is 1. The zero-order chi connectivity index (χ0) is 25.0. The predicted octanol–water partition coefficient (Wildman–Crippen LogP) is 3.38. The van der Waals surface area contributed by atoms with E-state index in [-0.39, 0.29) is 30.2 Å². The topological polar surface area (TPSA) is 83.9 Å². The van der Waals surface area contributed by atoms with Gasteiger partial charge in [0.2, 0.25) is 11.8 Å². The molecule has 1 aromatic heterocycles. The number of aromatic nitrogens is 1. The maximum atomic E-state index is 13.5. The van der Waals surface area contributed by atoms with Gasteiger partial charge in [-0.25, -0.2) is 0 Å². The Kier molecular flexibility index (Phi) is 5.32. The Morgan fingerprint density at radius 3 is 2.67 bits per heavy atom. The summed E-state index contributed by atoms with van der Waals surface area (Å²) in [7, 11) is 2.00. The van der Waals surface area contributed by atoms with Gasteiger partial charge in [-0.1, -0.05) is 18.2 Å². The van der Waals surface area contributed by atoms with E-state index in [0.717, 1.165) is 46.4 Å². The van der Waals surface area contributed by atoms with Crippen molar-refractivity contribution in [2.45, 2.75) is 25.7 Å². The second-order valence-electron chi connectivity index (χ2n) is 9.66. The van der Waals surface area contributed by atoms with Crippen LogP contribution in [0.1, 0.15) is 36.8 Å². The maximum Gasteiger partial charge on any atom is 0.259 e. The van der Waals surface area contributed by atoms with Crippen molar-refractivity contribution in [3.05, 3.63) is 71.1 Å². The lowest BCUT2D eigenvalue weighted by Gasteiger charge is -2.20. The number of ether oxygens (including phenoxy) is 1. The van der Waals surface area contributed by atoms with Gasteiger partial charge in [-0.2, -0.15) is 0 Å². The number of hydrogen-bond donors (Lipinski definition) is 1. The molecule has 0 spiro atoms. The van der Waals surface area contributed by atoms with Crippen LogP contribution < -0.4 is 10.1 Å². The summed E-state index contributed by atoms with van der Waals surface area (Å²) < 4.78 is 7.99. The van der Waals surface area contributed by atoms with Gasteiger partial charge in [-0.05, 0) is 41.8 Å². The molecule has 4 heterocycles. The number of carbonyl (C=O) groups is 3. The van der Waals surface area contributed by atoms with Crippen LogP contribution >= 0.6 is 0 Å². The number of rotatable bonds is 5. The third-order valence-electron chi connectivity index (χ3n) is 7.44. The second kappa shape index (κ2) is 8.55. The number of anilines is 1. The molecule has 0 unspecified atom stereocenters. The summed E-state index contributed by atoms with van der Waals surface area (Å²) in [5.74, 6) is 0.0621. The monoisotopic (exact) mass is 484 g/mol. The smallest absolute Gasteiger partial charge is 0.259 e.